The maximum absolute atomic E-state index is 14.6. The van der Waals surface area contributed by atoms with Gasteiger partial charge in [0.1, 0.15) is 5.71 Å². The highest BCUT2D eigenvalue weighted by Crippen LogP contribution is 2.64. The Labute approximate surface area is 205 Å². The van der Waals surface area contributed by atoms with Crippen LogP contribution in [0.5, 0.6) is 0 Å². The van der Waals surface area contributed by atoms with Gasteiger partial charge in [-0.1, -0.05) is 18.2 Å². The summed E-state index contributed by atoms with van der Waals surface area (Å²) in [4.78, 5) is 14.2. The summed E-state index contributed by atoms with van der Waals surface area (Å²) >= 11 is 0. The smallest absolute Gasteiger partial charge is 0.460 e. The van der Waals surface area contributed by atoms with Crippen LogP contribution in [0.1, 0.15) is 13.3 Å². The molecule has 0 unspecified atom stereocenters. The summed E-state index contributed by atoms with van der Waals surface area (Å²) in [6, 6.07) is 4.40. The van der Waals surface area contributed by atoms with Crippen LogP contribution in [0.3, 0.4) is 0 Å². The highest BCUT2D eigenvalue weighted by atomic mass is 19.4. The van der Waals surface area contributed by atoms with E-state index in [0.717, 1.165) is 25.1 Å². The molecule has 0 radical (unpaired) electrons. The van der Waals surface area contributed by atoms with Crippen molar-refractivity contribution in [3.05, 3.63) is 30.3 Å². The highest BCUT2D eigenvalue weighted by Gasteiger charge is 2.95. The molecule has 0 aliphatic heterocycles. The third-order valence-electron chi connectivity index (χ3n) is 4.72. The van der Waals surface area contributed by atoms with E-state index in [0.29, 0.717) is 12.1 Å². The molecule has 0 aromatic heterocycles. The summed E-state index contributed by atoms with van der Waals surface area (Å²) in [5.74, 6) is -59.8. The van der Waals surface area contributed by atoms with Crippen molar-refractivity contribution in [2.24, 2.45) is 4.99 Å². The summed E-state index contributed by atoms with van der Waals surface area (Å²) in [6.07, 6.45) is -10.1. The van der Waals surface area contributed by atoms with Crippen molar-refractivity contribution in [3.63, 3.8) is 0 Å². The van der Waals surface area contributed by atoms with Gasteiger partial charge in [0.25, 0.3) is 0 Å². The minimum atomic E-state index is -8.75. The Kier molecular flexibility index (Phi) is 9.02. The number of ether oxygens (including phenoxy) is 1. The number of carbonyl (C=O) groups is 1. The van der Waals surface area contributed by atoms with E-state index in [2.05, 4.69) is 9.73 Å². The van der Waals surface area contributed by atoms with E-state index in [4.69, 9.17) is 0 Å². The van der Waals surface area contributed by atoms with Crippen LogP contribution < -0.4 is 0 Å². The number of nitrogens with zero attached hydrogens (tertiary/aromatic N) is 1. The van der Waals surface area contributed by atoms with Crippen LogP contribution in [0.4, 0.5) is 80.3 Å². The van der Waals surface area contributed by atoms with Gasteiger partial charge < -0.3 is 4.74 Å². The standard InChI is InChI=1S/C19H12F17NO2/c1-2-39-11(38)8-10(37-9-6-4-3-5-7-9)12(20,21)13(22,23)14(24,25)15(26,27)16(28,29)17(30,31)18(32,33)19(34,35)36/h3-7H,2,8H2,1H3. The van der Waals surface area contributed by atoms with Gasteiger partial charge in [0.2, 0.25) is 0 Å². The normalized spacial score (nSPS) is 15.4. The van der Waals surface area contributed by atoms with E-state index in [1.54, 1.807) is 0 Å². The Morgan fingerprint density at radius 1 is 0.641 bits per heavy atom. The molecule has 0 fully saturated rings. The lowest BCUT2D eigenvalue weighted by Gasteiger charge is -2.42. The van der Waals surface area contributed by atoms with Gasteiger partial charge in [-0.05, 0) is 19.1 Å². The SMILES string of the molecule is CCOC(=O)CC(=Nc1ccccc1)C(F)(F)C(F)(F)C(F)(F)C(F)(F)C(F)(F)C(F)(F)C(F)(F)C(F)(F)F. The molecule has 0 amide bonds. The summed E-state index contributed by atoms with van der Waals surface area (Å²) in [5.41, 5.74) is -3.66. The highest BCUT2D eigenvalue weighted by molar-refractivity contribution is 6.04. The van der Waals surface area contributed by atoms with Crippen molar-refractivity contribution in [1.82, 2.24) is 0 Å². The van der Waals surface area contributed by atoms with Crippen molar-refractivity contribution in [2.75, 3.05) is 6.61 Å². The number of carbonyl (C=O) groups excluding carboxylic acids is 1. The lowest BCUT2D eigenvalue weighted by atomic mass is 9.87. The fraction of sp³-hybridized carbons (Fsp3) is 0.579. The van der Waals surface area contributed by atoms with Gasteiger partial charge in [-0.25, -0.2) is 0 Å². The molecule has 0 saturated heterocycles. The predicted octanol–water partition coefficient (Wildman–Crippen LogP) is 7.72. The lowest BCUT2D eigenvalue weighted by Crippen LogP contribution is -2.75. The molecule has 0 aliphatic carbocycles. The number of para-hydroxylation sites is 1. The van der Waals surface area contributed by atoms with Gasteiger partial charge in [0.05, 0.1) is 18.7 Å². The number of hydrogen-bond acceptors (Lipinski definition) is 3. The molecule has 1 rings (SSSR count). The van der Waals surface area contributed by atoms with E-state index < -0.39 is 78.0 Å². The minimum absolute atomic E-state index is 0.678. The molecule has 0 aliphatic rings. The number of hydrogen-bond donors (Lipinski definition) is 0. The second-order valence-electron chi connectivity index (χ2n) is 7.39. The van der Waals surface area contributed by atoms with Gasteiger partial charge in [0.15, 0.2) is 0 Å². The van der Waals surface area contributed by atoms with Gasteiger partial charge >= 0.3 is 53.6 Å². The van der Waals surface area contributed by atoms with Crippen LogP contribution in [0.25, 0.3) is 0 Å². The van der Waals surface area contributed by atoms with Crippen LogP contribution in [-0.4, -0.2) is 65.9 Å². The maximum Gasteiger partial charge on any atom is 0.460 e. The Bertz CT molecular complexity index is 1050. The summed E-state index contributed by atoms with van der Waals surface area (Å²) < 4.78 is 234. The molecule has 0 spiro atoms. The molecule has 0 saturated carbocycles. The van der Waals surface area contributed by atoms with Gasteiger partial charge in [0, 0.05) is 0 Å². The summed E-state index contributed by atoms with van der Waals surface area (Å²) in [7, 11) is 0. The zero-order chi connectivity index (χ0) is 31.1. The number of alkyl halides is 17. The van der Waals surface area contributed by atoms with E-state index in [1.807, 2.05) is 0 Å². The lowest BCUT2D eigenvalue weighted by molar-refractivity contribution is -0.458. The first-order chi connectivity index (χ1) is 17.2. The minimum Gasteiger partial charge on any atom is -0.466 e. The fourth-order valence-corrected chi connectivity index (χ4v) is 2.57. The Morgan fingerprint density at radius 3 is 1.41 bits per heavy atom. The Hall–Kier alpha value is -2.83. The average Bonchev–Trinajstić information content (AvgIpc) is 2.77. The molecule has 0 heterocycles. The molecule has 39 heavy (non-hydrogen) atoms. The molecule has 0 N–H and O–H groups in total. The van der Waals surface area contributed by atoms with E-state index in [9.17, 15) is 79.4 Å². The van der Waals surface area contributed by atoms with Gasteiger partial charge in [-0.15, -0.1) is 0 Å². The number of aliphatic imine (C=N–C) groups is 1. The average molecular weight is 609 g/mol. The molecular formula is C19H12F17NO2. The third-order valence-corrected chi connectivity index (χ3v) is 4.72. The molecular weight excluding hydrogens is 597 g/mol. The Morgan fingerprint density at radius 2 is 1.03 bits per heavy atom. The first-order valence-corrected chi connectivity index (χ1v) is 9.68. The largest absolute Gasteiger partial charge is 0.466 e. The zero-order valence-corrected chi connectivity index (χ0v) is 18.5. The molecule has 3 nitrogen and oxygen atoms in total. The predicted molar refractivity (Wildman–Crippen MR) is 95.5 cm³/mol. The van der Waals surface area contributed by atoms with E-state index in [-0.39, 0.29) is 0 Å². The number of esters is 1. The van der Waals surface area contributed by atoms with Gasteiger partial charge in [-0.2, -0.15) is 74.6 Å². The molecule has 20 heteroatoms. The van der Waals surface area contributed by atoms with Crippen LogP contribution >= 0.6 is 0 Å². The van der Waals surface area contributed by atoms with Gasteiger partial charge in [-0.3, -0.25) is 9.79 Å². The van der Waals surface area contributed by atoms with Crippen LogP contribution in [0.2, 0.25) is 0 Å². The monoisotopic (exact) mass is 609 g/mol. The van der Waals surface area contributed by atoms with Crippen molar-refractivity contribution in [3.8, 4) is 0 Å². The summed E-state index contributed by atoms with van der Waals surface area (Å²) in [6.45, 7) is 0.328. The molecule has 0 atom stereocenters. The second-order valence-corrected chi connectivity index (χ2v) is 7.39. The molecule has 224 valence electrons. The molecule has 0 bridgehead atoms. The quantitative estimate of drug-likeness (QED) is 0.147. The summed E-state index contributed by atoms with van der Waals surface area (Å²) in [5, 5.41) is 0. The van der Waals surface area contributed by atoms with Crippen molar-refractivity contribution in [1.29, 1.82) is 0 Å². The molecule has 1 aromatic carbocycles. The number of benzene rings is 1. The van der Waals surface area contributed by atoms with Crippen LogP contribution in [0.15, 0.2) is 35.3 Å². The van der Waals surface area contributed by atoms with E-state index in [1.165, 1.54) is 0 Å². The zero-order valence-electron chi connectivity index (χ0n) is 18.5. The first kappa shape index (κ1) is 34.2. The van der Waals surface area contributed by atoms with E-state index >= 15 is 0 Å². The fourth-order valence-electron chi connectivity index (χ4n) is 2.57. The Balaban J connectivity index is 3.82. The maximum atomic E-state index is 14.6. The van der Waals surface area contributed by atoms with Crippen LogP contribution in [-0.2, 0) is 9.53 Å². The second kappa shape index (κ2) is 10.3. The van der Waals surface area contributed by atoms with Crippen molar-refractivity contribution in [2.45, 2.75) is 61.0 Å². The first-order valence-electron chi connectivity index (χ1n) is 9.68. The number of halogens is 17. The van der Waals surface area contributed by atoms with Crippen molar-refractivity contribution >= 4 is 17.4 Å². The van der Waals surface area contributed by atoms with Crippen molar-refractivity contribution < 1.29 is 84.2 Å². The number of rotatable bonds is 11. The topological polar surface area (TPSA) is 38.7 Å². The molecule has 1 aromatic rings. The van der Waals surface area contributed by atoms with Crippen LogP contribution in [0, 0.1) is 0 Å². The third kappa shape index (κ3) is 5.33.